The number of halogens is 3. The van der Waals surface area contributed by atoms with Crippen molar-refractivity contribution in [1.82, 2.24) is 14.9 Å². The first-order valence-electron chi connectivity index (χ1n) is 10.0. The van der Waals surface area contributed by atoms with E-state index in [0.717, 1.165) is 27.6 Å². The van der Waals surface area contributed by atoms with Gasteiger partial charge in [-0.3, -0.25) is 4.79 Å². The van der Waals surface area contributed by atoms with Gasteiger partial charge in [0.15, 0.2) is 0 Å². The molecule has 5 rings (SSSR count). The molecule has 2 aromatic heterocycles. The van der Waals surface area contributed by atoms with E-state index in [9.17, 15) is 18.0 Å². The maximum absolute atomic E-state index is 13.2. The van der Waals surface area contributed by atoms with Crippen molar-refractivity contribution < 1.29 is 27.4 Å². The fourth-order valence-electron chi connectivity index (χ4n) is 4.48. The summed E-state index contributed by atoms with van der Waals surface area (Å²) in [5.41, 5.74) is 10.1. The highest BCUT2D eigenvalue weighted by molar-refractivity contribution is 5.97. The highest BCUT2D eigenvalue weighted by Gasteiger charge is 2.34. The van der Waals surface area contributed by atoms with Crippen molar-refractivity contribution in [2.75, 3.05) is 12.8 Å². The number of amides is 1. The second kappa shape index (κ2) is 7.33. The molecular weight excluding hydrogens is 425 g/mol. The quantitative estimate of drug-likeness (QED) is 0.659. The second-order valence-electron chi connectivity index (χ2n) is 7.91. The van der Waals surface area contributed by atoms with Crippen LogP contribution in [0.15, 0.2) is 30.5 Å². The summed E-state index contributed by atoms with van der Waals surface area (Å²) in [7, 11) is 1.67. The topological polar surface area (TPSA) is 90.6 Å². The summed E-state index contributed by atoms with van der Waals surface area (Å²) in [6.45, 7) is 0.777. The van der Waals surface area contributed by atoms with Crippen LogP contribution in [-0.4, -0.2) is 34.2 Å². The van der Waals surface area contributed by atoms with Gasteiger partial charge in [0.25, 0.3) is 5.91 Å². The van der Waals surface area contributed by atoms with Gasteiger partial charge < -0.3 is 20.1 Å². The Balaban J connectivity index is 1.43. The molecule has 0 radical (unpaired) electrons. The summed E-state index contributed by atoms with van der Waals surface area (Å²) >= 11 is 0. The minimum absolute atomic E-state index is 0.256. The average molecular weight is 444 g/mol. The van der Waals surface area contributed by atoms with Crippen LogP contribution in [0.2, 0.25) is 0 Å². The third-order valence-corrected chi connectivity index (χ3v) is 6.02. The number of ether oxygens (including phenoxy) is 2. The number of pyridine rings is 2. The van der Waals surface area contributed by atoms with E-state index in [0.29, 0.717) is 37.4 Å². The molecule has 2 aliphatic rings. The molecule has 1 aromatic carbocycles. The largest absolute Gasteiger partial charge is 0.573 e. The minimum Gasteiger partial charge on any atom is -0.406 e. The fourth-order valence-corrected chi connectivity index (χ4v) is 4.48. The second-order valence-corrected chi connectivity index (χ2v) is 7.91. The van der Waals surface area contributed by atoms with Crippen LogP contribution in [0.4, 0.5) is 19.0 Å². The van der Waals surface area contributed by atoms with Gasteiger partial charge in [-0.05, 0) is 47.7 Å². The number of nitrogens with zero attached hydrogens (tertiary/aromatic N) is 3. The molecule has 3 heterocycles. The molecule has 3 aromatic rings. The average Bonchev–Trinajstić information content (AvgIpc) is 3.39. The number of rotatable bonds is 3. The molecule has 1 atom stereocenters. The molecule has 0 spiro atoms. The zero-order valence-corrected chi connectivity index (χ0v) is 17.1. The Bertz CT molecular complexity index is 1250. The number of hydrogen-bond donors (Lipinski definition) is 1. The van der Waals surface area contributed by atoms with Gasteiger partial charge in [0.2, 0.25) is 0 Å². The van der Waals surface area contributed by atoms with Crippen molar-refractivity contribution in [3.63, 3.8) is 0 Å². The number of aryl methyl sites for hydroxylation is 1. The predicted octanol–water partition coefficient (Wildman–Crippen LogP) is 3.90. The SMILES string of the molecule is CN(C(=O)c1cc2c3c(c(N)nc2cn1)COC3)[C@H]1CCc2cc(OC(F)(F)F)ccc21. The minimum atomic E-state index is -4.74. The molecule has 10 heteroatoms. The molecule has 0 unspecified atom stereocenters. The lowest BCUT2D eigenvalue weighted by Crippen LogP contribution is -2.30. The molecule has 0 saturated heterocycles. The zero-order valence-electron chi connectivity index (χ0n) is 17.1. The first-order valence-corrected chi connectivity index (χ1v) is 10.0. The summed E-state index contributed by atoms with van der Waals surface area (Å²) in [6.07, 6.45) is -2.08. The Hall–Kier alpha value is -3.40. The third-order valence-electron chi connectivity index (χ3n) is 6.02. The Morgan fingerprint density at radius 2 is 2.03 bits per heavy atom. The van der Waals surface area contributed by atoms with E-state index in [4.69, 9.17) is 10.5 Å². The molecule has 7 nitrogen and oxygen atoms in total. The van der Waals surface area contributed by atoms with E-state index in [2.05, 4.69) is 14.7 Å². The van der Waals surface area contributed by atoms with E-state index in [1.165, 1.54) is 18.3 Å². The number of nitrogens with two attached hydrogens (primary N) is 1. The van der Waals surface area contributed by atoms with Crippen molar-refractivity contribution in [3.05, 3.63) is 58.4 Å². The van der Waals surface area contributed by atoms with E-state index < -0.39 is 6.36 Å². The summed E-state index contributed by atoms with van der Waals surface area (Å²) in [5, 5.41) is 0.777. The Morgan fingerprint density at radius 3 is 2.81 bits per heavy atom. The Labute approximate surface area is 181 Å². The van der Waals surface area contributed by atoms with Crippen LogP contribution >= 0.6 is 0 Å². The molecule has 0 fully saturated rings. The fraction of sp³-hybridized carbons (Fsp3) is 0.318. The first kappa shape index (κ1) is 20.5. The number of anilines is 1. The van der Waals surface area contributed by atoms with Crippen molar-refractivity contribution in [2.45, 2.75) is 38.5 Å². The number of hydrogen-bond acceptors (Lipinski definition) is 6. The number of carbonyl (C=O) groups excluding carboxylic acids is 1. The lowest BCUT2D eigenvalue weighted by Gasteiger charge is -2.25. The normalized spacial score (nSPS) is 17.3. The lowest BCUT2D eigenvalue weighted by molar-refractivity contribution is -0.274. The predicted molar refractivity (Wildman–Crippen MR) is 109 cm³/mol. The maximum Gasteiger partial charge on any atom is 0.573 e. The number of fused-ring (bicyclic) bond motifs is 4. The molecule has 1 aliphatic heterocycles. The van der Waals surface area contributed by atoms with Crippen LogP contribution in [0.3, 0.4) is 0 Å². The monoisotopic (exact) mass is 444 g/mol. The zero-order chi connectivity index (χ0) is 22.6. The summed E-state index contributed by atoms with van der Waals surface area (Å²) in [6, 6.07) is 5.67. The first-order chi connectivity index (χ1) is 15.2. The molecule has 166 valence electrons. The Morgan fingerprint density at radius 1 is 1.25 bits per heavy atom. The number of nitrogen functional groups attached to an aromatic ring is 1. The smallest absolute Gasteiger partial charge is 0.406 e. The van der Waals surface area contributed by atoms with E-state index in [1.54, 1.807) is 24.1 Å². The van der Waals surface area contributed by atoms with Crippen LogP contribution in [0, 0.1) is 0 Å². The van der Waals surface area contributed by atoms with Gasteiger partial charge in [-0.2, -0.15) is 0 Å². The third kappa shape index (κ3) is 3.50. The molecular formula is C22H19F3N4O3. The molecule has 1 aliphatic carbocycles. The van der Waals surface area contributed by atoms with Gasteiger partial charge in [0.1, 0.15) is 17.3 Å². The van der Waals surface area contributed by atoms with Crippen LogP contribution in [-0.2, 0) is 24.4 Å². The van der Waals surface area contributed by atoms with Gasteiger partial charge in [-0.1, -0.05) is 6.07 Å². The number of benzene rings is 1. The Kier molecular flexibility index (Phi) is 4.70. The molecule has 0 saturated carbocycles. The molecule has 32 heavy (non-hydrogen) atoms. The van der Waals surface area contributed by atoms with Gasteiger partial charge in [0, 0.05) is 18.0 Å². The van der Waals surface area contributed by atoms with Crippen molar-refractivity contribution in [2.24, 2.45) is 0 Å². The summed E-state index contributed by atoms with van der Waals surface area (Å²) < 4.78 is 47.0. The molecule has 1 amide bonds. The highest BCUT2D eigenvalue weighted by Crippen LogP contribution is 2.38. The summed E-state index contributed by atoms with van der Waals surface area (Å²) in [4.78, 5) is 23.4. The van der Waals surface area contributed by atoms with Crippen molar-refractivity contribution >= 4 is 22.6 Å². The summed E-state index contributed by atoms with van der Waals surface area (Å²) in [5.74, 6) is -0.144. The molecule has 2 N–H and O–H groups in total. The van der Waals surface area contributed by atoms with Gasteiger partial charge in [-0.25, -0.2) is 9.97 Å². The van der Waals surface area contributed by atoms with Crippen molar-refractivity contribution in [1.29, 1.82) is 0 Å². The van der Waals surface area contributed by atoms with Gasteiger partial charge in [-0.15, -0.1) is 13.2 Å². The van der Waals surface area contributed by atoms with Crippen LogP contribution in [0.1, 0.15) is 45.2 Å². The lowest BCUT2D eigenvalue weighted by atomic mass is 10.0. The standard InChI is InChI=1S/C22H19F3N4O3/c1-29(19-5-2-11-6-12(3-4-13(11)19)32-22(23,24)25)21(30)17-7-14-15-9-31-10-16(15)20(26)28-18(14)8-27-17/h3-4,6-8,19H,2,5,9-10H2,1H3,(H2,26,28)/t19-/m0/s1. The van der Waals surface area contributed by atoms with Gasteiger partial charge in [0.05, 0.1) is 31.0 Å². The van der Waals surface area contributed by atoms with E-state index >= 15 is 0 Å². The van der Waals surface area contributed by atoms with Crippen molar-refractivity contribution in [3.8, 4) is 5.75 Å². The van der Waals surface area contributed by atoms with Crippen LogP contribution < -0.4 is 10.5 Å². The number of aromatic nitrogens is 2. The molecule has 0 bridgehead atoms. The van der Waals surface area contributed by atoms with Crippen LogP contribution in [0.5, 0.6) is 5.75 Å². The van der Waals surface area contributed by atoms with E-state index in [1.807, 2.05) is 0 Å². The van der Waals surface area contributed by atoms with Gasteiger partial charge >= 0.3 is 6.36 Å². The van der Waals surface area contributed by atoms with Crippen LogP contribution in [0.25, 0.3) is 10.9 Å². The van der Waals surface area contributed by atoms with E-state index in [-0.39, 0.29) is 23.4 Å². The maximum atomic E-state index is 13.2. The number of carbonyl (C=O) groups is 1. The number of alkyl halides is 3. The highest BCUT2D eigenvalue weighted by atomic mass is 19.4.